The fraction of sp³-hybridized carbons (Fsp3) is 0.357. The first-order valence-corrected chi connectivity index (χ1v) is 6.00. The minimum atomic E-state index is 0.745. The van der Waals surface area contributed by atoms with Crippen LogP contribution >= 0.6 is 0 Å². The van der Waals surface area contributed by atoms with E-state index in [2.05, 4.69) is 23.3 Å². The molecule has 1 aromatic heterocycles. The summed E-state index contributed by atoms with van der Waals surface area (Å²) in [7, 11) is 0. The number of aryl methyl sites for hydroxylation is 1. The standard InChI is InChI=1S/C14H18N2O/c1-3-17-10-9-14-11-12(2)15-16(14)13-7-5-4-6-8-13/h4-8,11H,3,9-10H2,1-2H3. The fourth-order valence-electron chi connectivity index (χ4n) is 1.84. The quantitative estimate of drug-likeness (QED) is 0.738. The Morgan fingerprint density at radius 1 is 1.24 bits per heavy atom. The minimum Gasteiger partial charge on any atom is -0.381 e. The van der Waals surface area contributed by atoms with Gasteiger partial charge in [0.1, 0.15) is 0 Å². The lowest BCUT2D eigenvalue weighted by molar-refractivity contribution is 0.150. The molecule has 0 fully saturated rings. The van der Waals surface area contributed by atoms with E-state index >= 15 is 0 Å². The second-order valence-electron chi connectivity index (χ2n) is 3.97. The molecular formula is C14H18N2O. The Labute approximate surface area is 102 Å². The Kier molecular flexibility index (Phi) is 3.94. The van der Waals surface area contributed by atoms with Crippen molar-refractivity contribution in [1.82, 2.24) is 9.78 Å². The van der Waals surface area contributed by atoms with Gasteiger partial charge in [-0.1, -0.05) is 18.2 Å². The highest BCUT2D eigenvalue weighted by Crippen LogP contribution is 2.12. The lowest BCUT2D eigenvalue weighted by Crippen LogP contribution is -2.05. The van der Waals surface area contributed by atoms with Crippen LogP contribution in [0.15, 0.2) is 36.4 Å². The van der Waals surface area contributed by atoms with Gasteiger partial charge >= 0.3 is 0 Å². The molecule has 0 aliphatic heterocycles. The first-order chi connectivity index (χ1) is 8.31. The average Bonchev–Trinajstić information content (AvgIpc) is 2.72. The topological polar surface area (TPSA) is 27.1 Å². The molecule has 0 bridgehead atoms. The van der Waals surface area contributed by atoms with E-state index in [0.29, 0.717) is 0 Å². The van der Waals surface area contributed by atoms with Gasteiger partial charge in [0.15, 0.2) is 0 Å². The van der Waals surface area contributed by atoms with Crippen molar-refractivity contribution >= 4 is 0 Å². The van der Waals surface area contributed by atoms with E-state index in [1.807, 2.05) is 36.7 Å². The van der Waals surface area contributed by atoms with Crippen LogP contribution in [-0.2, 0) is 11.2 Å². The number of rotatable bonds is 5. The third-order valence-corrected chi connectivity index (χ3v) is 2.61. The molecule has 3 heteroatoms. The number of hydrogen-bond acceptors (Lipinski definition) is 2. The molecule has 0 aliphatic rings. The summed E-state index contributed by atoms with van der Waals surface area (Å²) in [5, 5.41) is 4.52. The summed E-state index contributed by atoms with van der Waals surface area (Å²) in [6.45, 7) is 5.54. The Balaban J connectivity index is 2.22. The van der Waals surface area contributed by atoms with Crippen molar-refractivity contribution in [2.24, 2.45) is 0 Å². The molecule has 1 aromatic carbocycles. The van der Waals surface area contributed by atoms with E-state index < -0.39 is 0 Å². The zero-order chi connectivity index (χ0) is 12.1. The summed E-state index contributed by atoms with van der Waals surface area (Å²) >= 11 is 0. The molecule has 0 N–H and O–H groups in total. The molecule has 0 radical (unpaired) electrons. The fourth-order valence-corrected chi connectivity index (χ4v) is 1.84. The van der Waals surface area contributed by atoms with Gasteiger partial charge in [-0.25, -0.2) is 4.68 Å². The van der Waals surface area contributed by atoms with Gasteiger partial charge in [0.25, 0.3) is 0 Å². The van der Waals surface area contributed by atoms with Crippen LogP contribution in [0.1, 0.15) is 18.3 Å². The number of aromatic nitrogens is 2. The number of benzene rings is 1. The molecule has 17 heavy (non-hydrogen) atoms. The van der Waals surface area contributed by atoms with Gasteiger partial charge in [0, 0.05) is 18.7 Å². The minimum absolute atomic E-state index is 0.745. The van der Waals surface area contributed by atoms with Crippen LogP contribution in [-0.4, -0.2) is 23.0 Å². The van der Waals surface area contributed by atoms with Crippen molar-refractivity contribution in [2.45, 2.75) is 20.3 Å². The summed E-state index contributed by atoms with van der Waals surface area (Å²) in [4.78, 5) is 0. The molecule has 0 atom stereocenters. The second kappa shape index (κ2) is 5.64. The predicted molar refractivity (Wildman–Crippen MR) is 68.5 cm³/mol. The van der Waals surface area contributed by atoms with Gasteiger partial charge in [0.05, 0.1) is 18.0 Å². The van der Waals surface area contributed by atoms with Gasteiger partial charge in [0.2, 0.25) is 0 Å². The van der Waals surface area contributed by atoms with Crippen LogP contribution in [0.25, 0.3) is 5.69 Å². The van der Waals surface area contributed by atoms with E-state index in [1.54, 1.807) is 0 Å². The number of para-hydroxylation sites is 1. The summed E-state index contributed by atoms with van der Waals surface area (Å²) in [5.74, 6) is 0. The normalized spacial score (nSPS) is 10.7. The SMILES string of the molecule is CCOCCc1cc(C)nn1-c1ccccc1. The molecule has 0 saturated heterocycles. The molecule has 2 rings (SSSR count). The molecule has 3 nitrogen and oxygen atoms in total. The molecule has 1 heterocycles. The lowest BCUT2D eigenvalue weighted by Gasteiger charge is -2.07. The summed E-state index contributed by atoms with van der Waals surface area (Å²) in [6.07, 6.45) is 0.892. The van der Waals surface area contributed by atoms with E-state index in [1.165, 1.54) is 5.69 Å². The second-order valence-corrected chi connectivity index (χ2v) is 3.97. The van der Waals surface area contributed by atoms with E-state index in [9.17, 15) is 0 Å². The molecule has 0 unspecified atom stereocenters. The van der Waals surface area contributed by atoms with Crippen molar-refractivity contribution in [3.8, 4) is 5.69 Å². The smallest absolute Gasteiger partial charge is 0.0648 e. The largest absolute Gasteiger partial charge is 0.381 e. The van der Waals surface area contributed by atoms with Gasteiger partial charge in [-0.15, -0.1) is 0 Å². The number of nitrogens with zero attached hydrogens (tertiary/aromatic N) is 2. The van der Waals surface area contributed by atoms with Crippen molar-refractivity contribution in [1.29, 1.82) is 0 Å². The Morgan fingerprint density at radius 3 is 2.71 bits per heavy atom. The van der Waals surface area contributed by atoms with Crippen molar-refractivity contribution in [3.63, 3.8) is 0 Å². The monoisotopic (exact) mass is 230 g/mol. The zero-order valence-corrected chi connectivity index (χ0v) is 10.4. The molecule has 0 amide bonds. The zero-order valence-electron chi connectivity index (χ0n) is 10.4. The van der Waals surface area contributed by atoms with Crippen LogP contribution < -0.4 is 0 Å². The van der Waals surface area contributed by atoms with Crippen LogP contribution in [0.3, 0.4) is 0 Å². The van der Waals surface area contributed by atoms with Gasteiger partial charge in [-0.3, -0.25) is 0 Å². The lowest BCUT2D eigenvalue weighted by atomic mass is 10.2. The predicted octanol–water partition coefficient (Wildman–Crippen LogP) is 2.76. The van der Waals surface area contributed by atoms with Crippen molar-refractivity contribution in [2.75, 3.05) is 13.2 Å². The highest BCUT2D eigenvalue weighted by atomic mass is 16.5. The number of hydrogen-bond donors (Lipinski definition) is 0. The van der Waals surface area contributed by atoms with Gasteiger partial charge < -0.3 is 4.74 Å². The molecular weight excluding hydrogens is 212 g/mol. The maximum atomic E-state index is 5.40. The van der Waals surface area contributed by atoms with Crippen LogP contribution in [0.4, 0.5) is 0 Å². The first-order valence-electron chi connectivity index (χ1n) is 6.00. The Bertz CT molecular complexity index is 462. The highest BCUT2D eigenvalue weighted by Gasteiger charge is 2.06. The maximum Gasteiger partial charge on any atom is 0.0648 e. The Morgan fingerprint density at radius 2 is 2.00 bits per heavy atom. The number of ether oxygens (including phenoxy) is 1. The Hall–Kier alpha value is -1.61. The molecule has 0 spiro atoms. The van der Waals surface area contributed by atoms with E-state index in [4.69, 9.17) is 4.74 Å². The molecule has 2 aromatic rings. The maximum absolute atomic E-state index is 5.40. The van der Waals surface area contributed by atoms with Crippen LogP contribution in [0, 0.1) is 6.92 Å². The molecule has 0 saturated carbocycles. The summed E-state index contributed by atoms with van der Waals surface area (Å²) in [5.41, 5.74) is 3.34. The van der Waals surface area contributed by atoms with Crippen molar-refractivity contribution in [3.05, 3.63) is 47.8 Å². The van der Waals surface area contributed by atoms with E-state index in [0.717, 1.165) is 31.0 Å². The van der Waals surface area contributed by atoms with E-state index in [-0.39, 0.29) is 0 Å². The third kappa shape index (κ3) is 2.94. The van der Waals surface area contributed by atoms with Gasteiger partial charge in [-0.05, 0) is 32.0 Å². The van der Waals surface area contributed by atoms with Crippen LogP contribution in [0.2, 0.25) is 0 Å². The highest BCUT2D eigenvalue weighted by molar-refractivity contribution is 5.33. The average molecular weight is 230 g/mol. The van der Waals surface area contributed by atoms with Crippen LogP contribution in [0.5, 0.6) is 0 Å². The summed E-state index contributed by atoms with van der Waals surface area (Å²) in [6, 6.07) is 12.3. The summed E-state index contributed by atoms with van der Waals surface area (Å²) < 4.78 is 7.39. The molecule has 0 aliphatic carbocycles. The van der Waals surface area contributed by atoms with Gasteiger partial charge in [-0.2, -0.15) is 5.10 Å². The van der Waals surface area contributed by atoms with Crippen molar-refractivity contribution < 1.29 is 4.74 Å². The third-order valence-electron chi connectivity index (χ3n) is 2.61. The first kappa shape index (κ1) is 11.9. The molecule has 90 valence electrons.